The van der Waals surface area contributed by atoms with E-state index in [0.717, 1.165) is 23.7 Å². The van der Waals surface area contributed by atoms with Gasteiger partial charge in [-0.3, -0.25) is 9.69 Å². The number of hydrogen-bond donors (Lipinski definition) is 1. The second kappa shape index (κ2) is 8.16. The number of rotatable bonds is 7. The van der Waals surface area contributed by atoms with Crippen LogP contribution >= 0.6 is 22.9 Å². The van der Waals surface area contributed by atoms with E-state index in [0.29, 0.717) is 22.3 Å². The quantitative estimate of drug-likeness (QED) is 0.666. The molecule has 1 N–H and O–H groups in total. The Bertz CT molecular complexity index is 950. The molecule has 0 aliphatic rings. The first-order valence-corrected chi connectivity index (χ1v) is 9.82. The van der Waals surface area contributed by atoms with E-state index >= 15 is 0 Å². The first-order chi connectivity index (χ1) is 12.5. The van der Waals surface area contributed by atoms with E-state index < -0.39 is 0 Å². The van der Waals surface area contributed by atoms with Crippen molar-refractivity contribution in [3.63, 3.8) is 0 Å². The van der Waals surface area contributed by atoms with Crippen molar-refractivity contribution in [3.8, 4) is 0 Å². The van der Waals surface area contributed by atoms with Crippen molar-refractivity contribution in [1.29, 1.82) is 0 Å². The Morgan fingerprint density at radius 3 is 2.73 bits per heavy atom. The van der Waals surface area contributed by atoms with Gasteiger partial charge >= 0.3 is 0 Å². The van der Waals surface area contributed by atoms with Crippen LogP contribution in [0.15, 0.2) is 35.1 Å². The van der Waals surface area contributed by atoms with Crippen LogP contribution in [0.25, 0.3) is 4.96 Å². The number of nitrogens with one attached hydrogen (secondary N) is 1. The molecular weight excluding hydrogens is 370 g/mol. The smallest absolute Gasteiger partial charge is 0.275 e. The number of aryl methyl sites for hydroxylation is 1. The number of anilines is 1. The van der Waals surface area contributed by atoms with Gasteiger partial charge in [-0.25, -0.2) is 4.98 Å². The van der Waals surface area contributed by atoms with Crippen molar-refractivity contribution in [2.45, 2.75) is 26.8 Å². The van der Waals surface area contributed by atoms with Crippen LogP contribution in [0.2, 0.25) is 5.02 Å². The molecular formula is C18H22ClN5OS. The van der Waals surface area contributed by atoms with Crippen LogP contribution in [-0.4, -0.2) is 39.1 Å². The lowest BCUT2D eigenvalue weighted by molar-refractivity contribution is 0.228. The highest BCUT2D eigenvalue weighted by atomic mass is 35.5. The van der Waals surface area contributed by atoms with E-state index in [2.05, 4.69) is 40.2 Å². The molecule has 2 heterocycles. The molecule has 0 aliphatic carbocycles. The molecule has 2 aromatic heterocycles. The number of hydrogen-bond acceptors (Lipinski definition) is 6. The Morgan fingerprint density at radius 2 is 2.04 bits per heavy atom. The van der Waals surface area contributed by atoms with Gasteiger partial charge in [0.1, 0.15) is 0 Å². The first-order valence-electron chi connectivity index (χ1n) is 8.63. The zero-order chi connectivity index (χ0) is 18.7. The average molecular weight is 392 g/mol. The molecule has 1 atom stereocenters. The SMILES string of the molecule is CCN(CC)[C@@H](CNc1nn2c(=O)cc(C)nc2s1)c1ccccc1Cl. The van der Waals surface area contributed by atoms with Crippen LogP contribution < -0.4 is 10.9 Å². The molecule has 0 saturated carbocycles. The summed E-state index contributed by atoms with van der Waals surface area (Å²) in [4.78, 5) is 19.3. The maximum Gasteiger partial charge on any atom is 0.275 e. The Morgan fingerprint density at radius 1 is 1.31 bits per heavy atom. The molecule has 0 bridgehead atoms. The van der Waals surface area contributed by atoms with Gasteiger partial charge in [-0.15, -0.1) is 5.10 Å². The summed E-state index contributed by atoms with van der Waals surface area (Å²) in [7, 11) is 0. The minimum atomic E-state index is -0.164. The molecule has 0 spiro atoms. The summed E-state index contributed by atoms with van der Waals surface area (Å²) >= 11 is 7.81. The molecule has 26 heavy (non-hydrogen) atoms. The fraction of sp³-hybridized carbons (Fsp3) is 0.389. The van der Waals surface area contributed by atoms with Gasteiger partial charge in [0.05, 0.1) is 6.04 Å². The molecule has 6 nitrogen and oxygen atoms in total. The van der Waals surface area contributed by atoms with Crippen molar-refractivity contribution >= 4 is 33.0 Å². The highest BCUT2D eigenvalue weighted by Gasteiger charge is 2.21. The lowest BCUT2D eigenvalue weighted by Crippen LogP contribution is -2.33. The van der Waals surface area contributed by atoms with E-state index in [1.807, 2.05) is 25.1 Å². The van der Waals surface area contributed by atoms with Gasteiger partial charge in [0.2, 0.25) is 10.1 Å². The monoisotopic (exact) mass is 391 g/mol. The molecule has 0 amide bonds. The molecule has 0 aliphatic heterocycles. The Labute approximate surface area is 161 Å². The maximum atomic E-state index is 12.0. The fourth-order valence-electron chi connectivity index (χ4n) is 3.02. The Balaban J connectivity index is 1.87. The predicted octanol–water partition coefficient (Wildman–Crippen LogP) is 3.61. The molecule has 0 fully saturated rings. The van der Waals surface area contributed by atoms with Crippen LogP contribution in [0.5, 0.6) is 0 Å². The first kappa shape index (κ1) is 18.8. The van der Waals surface area contributed by atoms with Crippen molar-refractivity contribution in [3.05, 3.63) is 57.0 Å². The molecule has 8 heteroatoms. The summed E-state index contributed by atoms with van der Waals surface area (Å²) in [6.07, 6.45) is 0. The molecule has 0 saturated heterocycles. The van der Waals surface area contributed by atoms with Crippen LogP contribution in [0.4, 0.5) is 5.13 Å². The van der Waals surface area contributed by atoms with Gasteiger partial charge in [0.25, 0.3) is 5.56 Å². The zero-order valence-electron chi connectivity index (χ0n) is 15.1. The third kappa shape index (κ3) is 3.90. The summed E-state index contributed by atoms with van der Waals surface area (Å²) in [5.74, 6) is 0. The number of fused-ring (bicyclic) bond motifs is 1. The molecule has 3 aromatic rings. The summed E-state index contributed by atoms with van der Waals surface area (Å²) in [5.41, 5.74) is 1.61. The van der Waals surface area contributed by atoms with Crippen LogP contribution in [0.1, 0.15) is 31.1 Å². The molecule has 1 aromatic carbocycles. The lowest BCUT2D eigenvalue weighted by atomic mass is 10.0. The number of halogens is 1. The van der Waals surface area contributed by atoms with E-state index in [4.69, 9.17) is 11.6 Å². The third-order valence-electron chi connectivity index (χ3n) is 4.34. The highest BCUT2D eigenvalue weighted by Crippen LogP contribution is 2.28. The van der Waals surface area contributed by atoms with Gasteiger partial charge in [-0.05, 0) is 31.6 Å². The minimum Gasteiger partial charge on any atom is -0.358 e. The van der Waals surface area contributed by atoms with Gasteiger partial charge in [0.15, 0.2) is 0 Å². The topological polar surface area (TPSA) is 62.5 Å². The van der Waals surface area contributed by atoms with E-state index in [-0.39, 0.29) is 11.6 Å². The number of likely N-dealkylation sites (N-methyl/N-ethyl adjacent to an activating group) is 1. The second-order valence-electron chi connectivity index (χ2n) is 5.98. The molecule has 3 rings (SSSR count). The zero-order valence-corrected chi connectivity index (χ0v) is 16.6. The van der Waals surface area contributed by atoms with Crippen molar-refractivity contribution < 1.29 is 0 Å². The predicted molar refractivity (Wildman–Crippen MR) is 107 cm³/mol. The summed E-state index contributed by atoms with van der Waals surface area (Å²) in [5, 5.41) is 9.14. The van der Waals surface area contributed by atoms with Gasteiger partial charge in [-0.2, -0.15) is 4.52 Å². The fourth-order valence-corrected chi connectivity index (χ4v) is 4.14. The van der Waals surface area contributed by atoms with Crippen LogP contribution in [0, 0.1) is 6.92 Å². The summed E-state index contributed by atoms with van der Waals surface area (Å²) in [6, 6.07) is 9.50. The summed E-state index contributed by atoms with van der Waals surface area (Å²) in [6.45, 7) is 8.54. The van der Waals surface area contributed by atoms with Gasteiger partial charge < -0.3 is 5.32 Å². The van der Waals surface area contributed by atoms with E-state index in [1.54, 1.807) is 0 Å². The van der Waals surface area contributed by atoms with Crippen LogP contribution in [0.3, 0.4) is 0 Å². The van der Waals surface area contributed by atoms with Gasteiger partial charge in [-0.1, -0.05) is 55.0 Å². The number of aromatic nitrogens is 3. The molecule has 138 valence electrons. The Kier molecular flexibility index (Phi) is 5.90. The van der Waals surface area contributed by atoms with Crippen LogP contribution in [-0.2, 0) is 0 Å². The standard InChI is InChI=1S/C18H22ClN5OS/c1-4-23(5-2)15(13-8-6-7-9-14(13)19)11-20-17-22-24-16(25)10-12(3)21-18(24)26-17/h6-10,15H,4-5,11H2,1-3H3,(H,20,22)/t15-/m0/s1. The van der Waals surface area contributed by atoms with Crippen molar-refractivity contribution in [1.82, 2.24) is 19.5 Å². The number of benzene rings is 1. The minimum absolute atomic E-state index is 0.108. The average Bonchev–Trinajstić information content (AvgIpc) is 3.02. The molecule has 0 radical (unpaired) electrons. The summed E-state index contributed by atoms with van der Waals surface area (Å²) < 4.78 is 1.34. The maximum absolute atomic E-state index is 12.0. The van der Waals surface area contributed by atoms with Crippen molar-refractivity contribution in [2.24, 2.45) is 0 Å². The highest BCUT2D eigenvalue weighted by molar-refractivity contribution is 7.20. The Hall–Kier alpha value is -1.96. The van der Waals surface area contributed by atoms with Gasteiger partial charge in [0, 0.05) is 23.3 Å². The number of nitrogens with zero attached hydrogens (tertiary/aromatic N) is 4. The second-order valence-corrected chi connectivity index (χ2v) is 7.34. The third-order valence-corrected chi connectivity index (χ3v) is 5.55. The molecule has 0 unspecified atom stereocenters. The lowest BCUT2D eigenvalue weighted by Gasteiger charge is -2.30. The van der Waals surface area contributed by atoms with E-state index in [9.17, 15) is 4.79 Å². The van der Waals surface area contributed by atoms with E-state index in [1.165, 1.54) is 21.9 Å². The van der Waals surface area contributed by atoms with Crippen molar-refractivity contribution in [2.75, 3.05) is 25.0 Å². The largest absolute Gasteiger partial charge is 0.358 e. The normalized spacial score (nSPS) is 12.7.